The lowest BCUT2D eigenvalue weighted by Gasteiger charge is -2.44. The highest BCUT2D eigenvalue weighted by Gasteiger charge is 2.38. The zero-order valence-corrected chi connectivity index (χ0v) is 11.4. The van der Waals surface area contributed by atoms with Crippen molar-refractivity contribution in [2.75, 3.05) is 32.8 Å². The number of nitrogens with zero attached hydrogens (tertiary/aromatic N) is 1. The lowest BCUT2D eigenvalue weighted by Crippen LogP contribution is -2.52. The molecule has 0 bridgehead atoms. The number of ether oxygens (including phenoxy) is 1. The molecule has 2 aliphatic heterocycles. The molecular weight excluding hydrogens is 240 g/mol. The van der Waals surface area contributed by atoms with E-state index in [1.807, 2.05) is 11.8 Å². The van der Waals surface area contributed by atoms with Gasteiger partial charge >= 0.3 is 6.09 Å². The van der Waals surface area contributed by atoms with E-state index in [2.05, 4.69) is 5.32 Å². The Morgan fingerprint density at radius 2 is 2.18 bits per heavy atom. The van der Waals surface area contributed by atoms with Crippen LogP contribution in [0.1, 0.15) is 32.6 Å². The molecule has 2 saturated heterocycles. The number of hydrogen-bond donors (Lipinski definition) is 1. The lowest BCUT2D eigenvalue weighted by atomic mass is 9.74. The van der Waals surface area contributed by atoms with Crippen LogP contribution < -0.4 is 5.32 Å². The molecule has 1 amide bonds. The highest BCUT2D eigenvalue weighted by Crippen LogP contribution is 2.35. The Morgan fingerprint density at radius 3 is 2.82 bits per heavy atom. The van der Waals surface area contributed by atoms with E-state index in [-0.39, 0.29) is 18.5 Å². The van der Waals surface area contributed by atoms with Crippen molar-refractivity contribution in [3.63, 3.8) is 0 Å². The van der Waals surface area contributed by atoms with E-state index in [0.717, 1.165) is 32.6 Å². The molecule has 5 heteroatoms. The van der Waals surface area contributed by atoms with E-state index in [1.165, 1.54) is 19.3 Å². The lowest BCUT2D eigenvalue weighted by molar-refractivity contribution is 0.0456. The highest BCUT2D eigenvalue weighted by atomic mass is 35.5. The Hall–Kier alpha value is -0.480. The molecule has 0 aromatic rings. The number of nitrogens with one attached hydrogen (secondary N) is 1. The van der Waals surface area contributed by atoms with Crippen LogP contribution in [-0.2, 0) is 4.74 Å². The second-order valence-electron chi connectivity index (χ2n) is 5.00. The maximum Gasteiger partial charge on any atom is 0.409 e. The topological polar surface area (TPSA) is 41.6 Å². The van der Waals surface area contributed by atoms with Crippen LogP contribution in [-0.4, -0.2) is 43.8 Å². The second kappa shape index (κ2) is 6.45. The molecular formula is C12H23ClN2O2. The normalized spacial score (nSPS) is 28.6. The summed E-state index contributed by atoms with van der Waals surface area (Å²) in [6.45, 7) is 6.25. The molecule has 1 atom stereocenters. The van der Waals surface area contributed by atoms with Crippen LogP contribution in [0.3, 0.4) is 0 Å². The van der Waals surface area contributed by atoms with Crippen molar-refractivity contribution < 1.29 is 9.53 Å². The molecule has 1 spiro atoms. The van der Waals surface area contributed by atoms with Gasteiger partial charge in [0.1, 0.15) is 0 Å². The van der Waals surface area contributed by atoms with Gasteiger partial charge in [0.15, 0.2) is 0 Å². The summed E-state index contributed by atoms with van der Waals surface area (Å²) in [6, 6.07) is 0. The molecule has 0 saturated carbocycles. The molecule has 4 nitrogen and oxygen atoms in total. The van der Waals surface area contributed by atoms with Gasteiger partial charge in [-0.15, -0.1) is 12.4 Å². The second-order valence-corrected chi connectivity index (χ2v) is 5.00. The first-order valence-corrected chi connectivity index (χ1v) is 6.38. The van der Waals surface area contributed by atoms with Gasteiger partial charge < -0.3 is 15.0 Å². The monoisotopic (exact) mass is 262 g/mol. The number of halogens is 1. The average molecular weight is 263 g/mol. The number of hydrogen-bond acceptors (Lipinski definition) is 3. The average Bonchev–Trinajstić information content (AvgIpc) is 2.30. The minimum Gasteiger partial charge on any atom is -0.450 e. The van der Waals surface area contributed by atoms with Gasteiger partial charge in [-0.25, -0.2) is 4.79 Å². The molecule has 17 heavy (non-hydrogen) atoms. The summed E-state index contributed by atoms with van der Waals surface area (Å²) in [5, 5.41) is 3.46. The molecule has 0 aromatic heterocycles. The van der Waals surface area contributed by atoms with Gasteiger partial charge in [0.05, 0.1) is 6.61 Å². The smallest absolute Gasteiger partial charge is 0.409 e. The molecule has 0 aromatic carbocycles. The van der Waals surface area contributed by atoms with E-state index in [1.54, 1.807) is 0 Å². The van der Waals surface area contributed by atoms with E-state index in [9.17, 15) is 4.79 Å². The van der Waals surface area contributed by atoms with Crippen LogP contribution in [0.15, 0.2) is 0 Å². The number of piperidine rings is 2. The fourth-order valence-electron chi connectivity index (χ4n) is 2.96. The minimum absolute atomic E-state index is 0. The van der Waals surface area contributed by atoms with Crippen LogP contribution in [0.25, 0.3) is 0 Å². The maximum absolute atomic E-state index is 11.7. The summed E-state index contributed by atoms with van der Waals surface area (Å²) in [5.41, 5.74) is 0.323. The fourth-order valence-corrected chi connectivity index (χ4v) is 2.96. The molecule has 2 aliphatic rings. The van der Waals surface area contributed by atoms with Gasteiger partial charge in [-0.3, -0.25) is 0 Å². The summed E-state index contributed by atoms with van der Waals surface area (Å²) in [4.78, 5) is 13.6. The van der Waals surface area contributed by atoms with Crippen molar-refractivity contribution in [3.8, 4) is 0 Å². The largest absolute Gasteiger partial charge is 0.450 e. The van der Waals surface area contributed by atoms with Crippen molar-refractivity contribution in [2.24, 2.45) is 5.41 Å². The summed E-state index contributed by atoms with van der Waals surface area (Å²) < 4.78 is 5.08. The Kier molecular flexibility index (Phi) is 5.53. The molecule has 100 valence electrons. The summed E-state index contributed by atoms with van der Waals surface area (Å²) >= 11 is 0. The van der Waals surface area contributed by atoms with Gasteiger partial charge in [0, 0.05) is 25.0 Å². The van der Waals surface area contributed by atoms with Crippen LogP contribution in [0, 0.1) is 5.41 Å². The van der Waals surface area contributed by atoms with Gasteiger partial charge in [0.25, 0.3) is 0 Å². The van der Waals surface area contributed by atoms with Gasteiger partial charge in [-0.1, -0.05) is 0 Å². The molecule has 1 unspecified atom stereocenters. The molecule has 2 fully saturated rings. The first-order chi connectivity index (χ1) is 7.76. The molecule has 0 radical (unpaired) electrons. The van der Waals surface area contributed by atoms with Gasteiger partial charge in [-0.2, -0.15) is 0 Å². The Bertz CT molecular complexity index is 249. The third-order valence-electron chi connectivity index (χ3n) is 3.75. The molecule has 0 aliphatic carbocycles. The predicted molar refractivity (Wildman–Crippen MR) is 69.6 cm³/mol. The summed E-state index contributed by atoms with van der Waals surface area (Å²) in [5.74, 6) is 0. The van der Waals surface area contributed by atoms with E-state index in [0.29, 0.717) is 12.0 Å². The van der Waals surface area contributed by atoms with Crippen molar-refractivity contribution in [3.05, 3.63) is 0 Å². The Balaban J connectivity index is 0.00000144. The minimum atomic E-state index is -0.132. The zero-order chi connectivity index (χ0) is 11.4. The third-order valence-corrected chi connectivity index (χ3v) is 3.75. The van der Waals surface area contributed by atoms with Crippen LogP contribution in [0.5, 0.6) is 0 Å². The van der Waals surface area contributed by atoms with Crippen LogP contribution >= 0.6 is 12.4 Å². The predicted octanol–water partition coefficient (Wildman–Crippen LogP) is 2.03. The van der Waals surface area contributed by atoms with Crippen molar-refractivity contribution >= 4 is 18.5 Å². The molecule has 1 N–H and O–H groups in total. The fraction of sp³-hybridized carbons (Fsp3) is 0.917. The first-order valence-electron chi connectivity index (χ1n) is 6.38. The number of rotatable bonds is 1. The van der Waals surface area contributed by atoms with Crippen molar-refractivity contribution in [1.29, 1.82) is 0 Å². The zero-order valence-electron chi connectivity index (χ0n) is 10.5. The number of carbonyl (C=O) groups excluding carboxylic acids is 1. The molecule has 2 heterocycles. The number of amides is 1. The third kappa shape index (κ3) is 3.49. The van der Waals surface area contributed by atoms with Crippen molar-refractivity contribution in [2.45, 2.75) is 32.6 Å². The standard InChI is InChI=1S/C12H22N2O2.ClH/c1-2-16-11(15)14-8-4-6-12(10-14)5-3-7-13-9-12;/h13H,2-10H2,1H3;1H. The maximum atomic E-state index is 11.7. The first kappa shape index (κ1) is 14.6. The van der Waals surface area contributed by atoms with Gasteiger partial charge in [0.2, 0.25) is 0 Å². The number of carbonyl (C=O) groups is 1. The number of likely N-dealkylation sites (tertiary alicyclic amines) is 1. The summed E-state index contributed by atoms with van der Waals surface area (Å²) in [6.07, 6.45) is 4.70. The van der Waals surface area contributed by atoms with Gasteiger partial charge in [-0.05, 0) is 39.2 Å². The van der Waals surface area contributed by atoms with Crippen molar-refractivity contribution in [1.82, 2.24) is 10.2 Å². The summed E-state index contributed by atoms with van der Waals surface area (Å²) in [7, 11) is 0. The Labute approximate surface area is 109 Å². The molecule has 2 rings (SSSR count). The highest BCUT2D eigenvalue weighted by molar-refractivity contribution is 5.85. The van der Waals surface area contributed by atoms with Crippen LogP contribution in [0.2, 0.25) is 0 Å². The van der Waals surface area contributed by atoms with E-state index >= 15 is 0 Å². The van der Waals surface area contributed by atoms with E-state index in [4.69, 9.17) is 4.74 Å². The van der Waals surface area contributed by atoms with E-state index < -0.39 is 0 Å². The Morgan fingerprint density at radius 1 is 1.41 bits per heavy atom. The SMILES string of the molecule is CCOC(=O)N1CCCC2(CCCNC2)C1.Cl. The quantitative estimate of drug-likeness (QED) is 0.786. The van der Waals surface area contributed by atoms with Crippen LogP contribution in [0.4, 0.5) is 4.79 Å².